The van der Waals surface area contributed by atoms with E-state index >= 15 is 0 Å². The molecule has 1 aromatic rings. The van der Waals surface area contributed by atoms with Crippen LogP contribution in [-0.2, 0) is 13.1 Å². The number of rotatable bonds is 5. The average Bonchev–Trinajstić information content (AvgIpc) is 2.85. The van der Waals surface area contributed by atoms with Gasteiger partial charge in [-0.2, -0.15) is 0 Å². The van der Waals surface area contributed by atoms with Gasteiger partial charge in [0.2, 0.25) is 0 Å². The van der Waals surface area contributed by atoms with Crippen LogP contribution >= 0.6 is 0 Å². The van der Waals surface area contributed by atoms with Gasteiger partial charge in [0.1, 0.15) is 0 Å². The molecule has 0 saturated carbocycles. The summed E-state index contributed by atoms with van der Waals surface area (Å²) in [4.78, 5) is 2.47. The zero-order valence-corrected chi connectivity index (χ0v) is 12.3. The molecule has 0 spiro atoms. The Bertz CT molecular complexity index is 395. The summed E-state index contributed by atoms with van der Waals surface area (Å²) in [5.41, 5.74) is 4.25. The zero-order chi connectivity index (χ0) is 13.1. The van der Waals surface area contributed by atoms with Crippen LogP contribution in [0.3, 0.4) is 0 Å². The number of nitrogens with zero attached hydrogens (tertiary/aromatic N) is 2. The molecule has 1 aromatic heterocycles. The maximum Gasteiger partial charge on any atom is 0.0224 e. The average molecular weight is 249 g/mol. The van der Waals surface area contributed by atoms with E-state index in [0.29, 0.717) is 0 Å². The molecule has 0 aliphatic carbocycles. The molecule has 3 nitrogen and oxygen atoms in total. The van der Waals surface area contributed by atoms with Gasteiger partial charge in [0.25, 0.3) is 0 Å². The lowest BCUT2D eigenvalue weighted by atomic mass is 10.2. The fraction of sp³-hybridized carbons (Fsp3) is 0.733. The molecule has 2 rings (SSSR count). The highest BCUT2D eigenvalue weighted by Crippen LogP contribution is 2.16. The standard InChI is InChI=1S/C15H27N3/c1-5-18-12(2)9-14(13(18)3)10-16-11-15-7-6-8-17(15)4/h9,15-16H,5-8,10-11H2,1-4H3. The van der Waals surface area contributed by atoms with E-state index in [2.05, 4.69) is 48.7 Å². The lowest BCUT2D eigenvalue weighted by Crippen LogP contribution is -2.35. The first-order valence-electron chi connectivity index (χ1n) is 7.20. The smallest absolute Gasteiger partial charge is 0.0224 e. The molecular formula is C15H27N3. The van der Waals surface area contributed by atoms with Crippen LogP contribution < -0.4 is 5.32 Å². The van der Waals surface area contributed by atoms with Gasteiger partial charge in [-0.05, 0) is 58.8 Å². The van der Waals surface area contributed by atoms with Crippen molar-refractivity contribution in [2.75, 3.05) is 20.1 Å². The number of aryl methyl sites for hydroxylation is 1. The molecule has 0 bridgehead atoms. The monoisotopic (exact) mass is 249 g/mol. The van der Waals surface area contributed by atoms with E-state index in [1.807, 2.05) is 0 Å². The van der Waals surface area contributed by atoms with E-state index in [1.54, 1.807) is 0 Å². The first kappa shape index (κ1) is 13.6. The molecule has 18 heavy (non-hydrogen) atoms. The molecule has 102 valence electrons. The van der Waals surface area contributed by atoms with Gasteiger partial charge in [0.15, 0.2) is 0 Å². The normalized spacial score (nSPS) is 20.8. The van der Waals surface area contributed by atoms with Crippen molar-refractivity contribution in [1.29, 1.82) is 0 Å². The number of likely N-dealkylation sites (tertiary alicyclic amines) is 1. The Balaban J connectivity index is 1.86. The third kappa shape index (κ3) is 2.78. The molecule has 0 radical (unpaired) electrons. The van der Waals surface area contributed by atoms with Crippen molar-refractivity contribution in [3.63, 3.8) is 0 Å². The van der Waals surface area contributed by atoms with Crippen molar-refractivity contribution in [1.82, 2.24) is 14.8 Å². The number of likely N-dealkylation sites (N-methyl/N-ethyl adjacent to an activating group) is 1. The molecule has 2 heterocycles. The second-order valence-corrected chi connectivity index (χ2v) is 5.55. The van der Waals surface area contributed by atoms with Crippen LogP contribution in [-0.4, -0.2) is 35.6 Å². The van der Waals surface area contributed by atoms with E-state index in [9.17, 15) is 0 Å². The van der Waals surface area contributed by atoms with Crippen molar-refractivity contribution in [3.05, 3.63) is 23.0 Å². The van der Waals surface area contributed by atoms with Crippen molar-refractivity contribution in [3.8, 4) is 0 Å². The van der Waals surface area contributed by atoms with Gasteiger partial charge in [-0.1, -0.05) is 0 Å². The van der Waals surface area contributed by atoms with Crippen LogP contribution in [0.15, 0.2) is 6.07 Å². The number of hydrogen-bond donors (Lipinski definition) is 1. The lowest BCUT2D eigenvalue weighted by molar-refractivity contribution is 0.300. The highest BCUT2D eigenvalue weighted by Gasteiger charge is 2.20. The topological polar surface area (TPSA) is 20.2 Å². The van der Waals surface area contributed by atoms with Crippen molar-refractivity contribution in [2.24, 2.45) is 0 Å². The summed E-state index contributed by atoms with van der Waals surface area (Å²) in [6.45, 7) is 11.1. The molecule has 1 atom stereocenters. The van der Waals surface area contributed by atoms with Crippen LogP contribution in [0.1, 0.15) is 36.7 Å². The summed E-state index contributed by atoms with van der Waals surface area (Å²) in [7, 11) is 2.24. The minimum Gasteiger partial charge on any atom is -0.349 e. The molecule has 1 N–H and O–H groups in total. The molecule has 0 aromatic carbocycles. The third-order valence-corrected chi connectivity index (χ3v) is 4.36. The second kappa shape index (κ2) is 5.89. The summed E-state index contributed by atoms with van der Waals surface area (Å²) < 4.78 is 2.39. The Morgan fingerprint density at radius 1 is 1.39 bits per heavy atom. The Morgan fingerprint density at radius 3 is 2.72 bits per heavy atom. The van der Waals surface area contributed by atoms with Gasteiger partial charge in [-0.15, -0.1) is 0 Å². The second-order valence-electron chi connectivity index (χ2n) is 5.55. The molecule has 1 fully saturated rings. The maximum absolute atomic E-state index is 3.62. The van der Waals surface area contributed by atoms with E-state index < -0.39 is 0 Å². The molecule has 1 aliphatic rings. The fourth-order valence-electron chi connectivity index (χ4n) is 3.15. The van der Waals surface area contributed by atoms with Crippen LogP contribution in [0.25, 0.3) is 0 Å². The van der Waals surface area contributed by atoms with Crippen LogP contribution in [0.5, 0.6) is 0 Å². The Labute approximate surface area is 111 Å². The fourth-order valence-corrected chi connectivity index (χ4v) is 3.15. The molecule has 3 heteroatoms. The summed E-state index contributed by atoms with van der Waals surface area (Å²) in [6.07, 6.45) is 2.70. The summed E-state index contributed by atoms with van der Waals surface area (Å²) >= 11 is 0. The maximum atomic E-state index is 3.62. The van der Waals surface area contributed by atoms with E-state index in [-0.39, 0.29) is 0 Å². The van der Waals surface area contributed by atoms with Gasteiger partial charge in [-0.3, -0.25) is 0 Å². The van der Waals surface area contributed by atoms with Gasteiger partial charge in [0, 0.05) is 37.1 Å². The Hall–Kier alpha value is -0.800. The predicted molar refractivity (Wildman–Crippen MR) is 76.9 cm³/mol. The van der Waals surface area contributed by atoms with Gasteiger partial charge < -0.3 is 14.8 Å². The Morgan fingerprint density at radius 2 is 2.17 bits per heavy atom. The highest BCUT2D eigenvalue weighted by atomic mass is 15.2. The Kier molecular flexibility index (Phi) is 4.46. The first-order chi connectivity index (χ1) is 8.63. The van der Waals surface area contributed by atoms with Gasteiger partial charge in [-0.25, -0.2) is 0 Å². The van der Waals surface area contributed by atoms with Gasteiger partial charge in [0.05, 0.1) is 0 Å². The molecule has 1 aliphatic heterocycles. The minimum absolute atomic E-state index is 0.736. The van der Waals surface area contributed by atoms with Crippen molar-refractivity contribution >= 4 is 0 Å². The number of aromatic nitrogens is 1. The summed E-state index contributed by atoms with van der Waals surface area (Å²) in [6, 6.07) is 3.06. The predicted octanol–water partition coefficient (Wildman–Crippen LogP) is 2.31. The van der Waals surface area contributed by atoms with Crippen molar-refractivity contribution < 1.29 is 0 Å². The highest BCUT2D eigenvalue weighted by molar-refractivity contribution is 5.26. The van der Waals surface area contributed by atoms with Crippen LogP contribution in [0.4, 0.5) is 0 Å². The molecule has 1 saturated heterocycles. The zero-order valence-electron chi connectivity index (χ0n) is 12.3. The first-order valence-corrected chi connectivity index (χ1v) is 7.20. The quantitative estimate of drug-likeness (QED) is 0.864. The van der Waals surface area contributed by atoms with E-state index in [4.69, 9.17) is 0 Å². The van der Waals surface area contributed by atoms with Crippen LogP contribution in [0.2, 0.25) is 0 Å². The van der Waals surface area contributed by atoms with Crippen molar-refractivity contribution in [2.45, 2.75) is 52.7 Å². The largest absolute Gasteiger partial charge is 0.349 e. The minimum atomic E-state index is 0.736. The molecule has 0 amide bonds. The summed E-state index contributed by atoms with van der Waals surface area (Å²) in [5, 5.41) is 3.62. The number of nitrogens with one attached hydrogen (secondary N) is 1. The SMILES string of the molecule is CCn1c(C)cc(CNCC2CCCN2C)c1C. The van der Waals surface area contributed by atoms with E-state index in [1.165, 1.54) is 36.3 Å². The molecular weight excluding hydrogens is 222 g/mol. The third-order valence-electron chi connectivity index (χ3n) is 4.36. The summed E-state index contributed by atoms with van der Waals surface area (Å²) in [5.74, 6) is 0. The van der Waals surface area contributed by atoms with E-state index in [0.717, 1.165) is 25.7 Å². The molecule has 1 unspecified atom stereocenters. The van der Waals surface area contributed by atoms with Crippen LogP contribution in [0, 0.1) is 13.8 Å². The van der Waals surface area contributed by atoms with Gasteiger partial charge >= 0.3 is 0 Å². The lowest BCUT2D eigenvalue weighted by Gasteiger charge is -2.19. The number of hydrogen-bond acceptors (Lipinski definition) is 2.